The lowest BCUT2D eigenvalue weighted by Gasteiger charge is -2.10. The highest BCUT2D eigenvalue weighted by molar-refractivity contribution is 9.10. The van der Waals surface area contributed by atoms with Crippen LogP contribution in [0.1, 0.15) is 24.4 Å². The quantitative estimate of drug-likeness (QED) is 0.902. The van der Waals surface area contributed by atoms with Crippen LogP contribution in [0.4, 0.5) is 0 Å². The molecule has 1 fully saturated rings. The maximum Gasteiger partial charge on any atom is 0.142 e. The summed E-state index contributed by atoms with van der Waals surface area (Å²) in [5.41, 5.74) is 1.18. The van der Waals surface area contributed by atoms with Gasteiger partial charge in [0, 0.05) is 16.1 Å². The van der Waals surface area contributed by atoms with Crippen molar-refractivity contribution in [3.63, 3.8) is 0 Å². The van der Waals surface area contributed by atoms with Crippen LogP contribution in [0.5, 0.6) is 5.75 Å². The third-order valence-electron chi connectivity index (χ3n) is 2.82. The highest BCUT2D eigenvalue weighted by Crippen LogP contribution is 2.41. The summed E-state index contributed by atoms with van der Waals surface area (Å²) in [5.74, 6) is 0.845. The van der Waals surface area contributed by atoms with Gasteiger partial charge < -0.3 is 10.1 Å². The Bertz CT molecular complexity index is 406. The Morgan fingerprint density at radius 2 is 2.20 bits per heavy atom. The van der Waals surface area contributed by atoms with Crippen molar-refractivity contribution in [2.24, 2.45) is 0 Å². The van der Waals surface area contributed by atoms with Crippen LogP contribution in [0.3, 0.4) is 0 Å². The SMILES string of the molecule is Clc1cc(Br)cc2c1OCC2NC1CC1. The molecule has 1 unspecified atom stereocenters. The van der Waals surface area contributed by atoms with Gasteiger partial charge >= 0.3 is 0 Å². The van der Waals surface area contributed by atoms with Crippen LogP contribution in [-0.2, 0) is 0 Å². The fourth-order valence-electron chi connectivity index (χ4n) is 1.92. The van der Waals surface area contributed by atoms with E-state index in [-0.39, 0.29) is 0 Å². The molecule has 1 aliphatic carbocycles. The molecular formula is C11H11BrClNO. The highest BCUT2D eigenvalue weighted by atomic mass is 79.9. The first-order valence-electron chi connectivity index (χ1n) is 5.12. The zero-order valence-corrected chi connectivity index (χ0v) is 10.4. The third kappa shape index (κ3) is 1.88. The summed E-state index contributed by atoms with van der Waals surface area (Å²) < 4.78 is 6.62. The van der Waals surface area contributed by atoms with Crippen molar-refractivity contribution in [3.8, 4) is 5.75 Å². The lowest BCUT2D eigenvalue weighted by molar-refractivity contribution is 0.310. The third-order valence-corrected chi connectivity index (χ3v) is 3.56. The number of benzene rings is 1. The molecule has 0 bridgehead atoms. The van der Waals surface area contributed by atoms with E-state index in [1.807, 2.05) is 6.07 Å². The molecule has 1 atom stereocenters. The Morgan fingerprint density at radius 3 is 2.93 bits per heavy atom. The summed E-state index contributed by atoms with van der Waals surface area (Å²) in [6.07, 6.45) is 2.57. The molecule has 1 N–H and O–H groups in total. The van der Waals surface area contributed by atoms with Crippen molar-refractivity contribution >= 4 is 27.5 Å². The maximum absolute atomic E-state index is 6.11. The molecule has 1 saturated carbocycles. The van der Waals surface area contributed by atoms with E-state index < -0.39 is 0 Å². The van der Waals surface area contributed by atoms with Crippen molar-refractivity contribution in [2.45, 2.75) is 24.9 Å². The first-order valence-corrected chi connectivity index (χ1v) is 6.29. The Labute approximate surface area is 102 Å². The van der Waals surface area contributed by atoms with Gasteiger partial charge in [0.1, 0.15) is 12.4 Å². The van der Waals surface area contributed by atoms with Crippen molar-refractivity contribution < 1.29 is 4.74 Å². The van der Waals surface area contributed by atoms with Crippen molar-refractivity contribution in [1.29, 1.82) is 0 Å². The molecule has 1 heterocycles. The summed E-state index contributed by atoms with van der Waals surface area (Å²) in [5, 5.41) is 4.25. The van der Waals surface area contributed by atoms with Gasteiger partial charge in [-0.15, -0.1) is 0 Å². The second-order valence-corrected chi connectivity index (χ2v) is 5.43. The van der Waals surface area contributed by atoms with Gasteiger partial charge in [-0.1, -0.05) is 27.5 Å². The van der Waals surface area contributed by atoms with Crippen molar-refractivity contribution in [1.82, 2.24) is 5.32 Å². The maximum atomic E-state index is 6.11. The molecule has 15 heavy (non-hydrogen) atoms. The van der Waals surface area contributed by atoms with Gasteiger partial charge in [0.2, 0.25) is 0 Å². The summed E-state index contributed by atoms with van der Waals surface area (Å²) in [6.45, 7) is 0.696. The van der Waals surface area contributed by atoms with Crippen LogP contribution in [0.2, 0.25) is 5.02 Å². The topological polar surface area (TPSA) is 21.3 Å². The van der Waals surface area contributed by atoms with Gasteiger partial charge in [-0.25, -0.2) is 0 Å². The zero-order chi connectivity index (χ0) is 10.4. The molecular weight excluding hydrogens is 277 g/mol. The standard InChI is InChI=1S/C11H11BrClNO/c12-6-3-8-10(14-7-1-2-7)5-15-11(8)9(13)4-6/h3-4,7,10,14H,1-2,5H2. The van der Waals surface area contributed by atoms with Crippen LogP contribution in [0.25, 0.3) is 0 Å². The monoisotopic (exact) mass is 287 g/mol. The number of hydrogen-bond acceptors (Lipinski definition) is 2. The fraction of sp³-hybridized carbons (Fsp3) is 0.455. The molecule has 0 amide bonds. The Hall–Kier alpha value is -0.250. The van der Waals surface area contributed by atoms with E-state index in [9.17, 15) is 0 Å². The minimum absolute atomic E-state index is 0.308. The molecule has 0 spiro atoms. The molecule has 2 nitrogen and oxygen atoms in total. The Balaban J connectivity index is 1.93. The van der Waals surface area contributed by atoms with Crippen LogP contribution in [0.15, 0.2) is 16.6 Å². The van der Waals surface area contributed by atoms with Gasteiger partial charge in [-0.3, -0.25) is 0 Å². The second-order valence-electron chi connectivity index (χ2n) is 4.11. The predicted octanol–water partition coefficient (Wildman–Crippen LogP) is 3.29. The van der Waals surface area contributed by atoms with Gasteiger partial charge in [0.05, 0.1) is 11.1 Å². The van der Waals surface area contributed by atoms with Crippen LogP contribution in [0, 0.1) is 0 Å². The van der Waals surface area contributed by atoms with Gasteiger partial charge in [-0.2, -0.15) is 0 Å². The molecule has 3 rings (SSSR count). The smallest absolute Gasteiger partial charge is 0.142 e. The van der Waals surface area contributed by atoms with Gasteiger partial charge in [-0.05, 0) is 25.0 Å². The average Bonchev–Trinajstić information content (AvgIpc) is 2.89. The Kier molecular flexibility index (Phi) is 2.42. The summed E-state index contributed by atoms with van der Waals surface area (Å²) >= 11 is 9.57. The molecule has 80 valence electrons. The molecule has 0 radical (unpaired) electrons. The molecule has 0 aromatic heterocycles. The van der Waals surface area contributed by atoms with E-state index in [1.165, 1.54) is 18.4 Å². The van der Waals surface area contributed by atoms with E-state index in [0.29, 0.717) is 23.7 Å². The number of rotatable bonds is 2. The van der Waals surface area contributed by atoms with Crippen LogP contribution < -0.4 is 10.1 Å². The molecule has 2 aliphatic rings. The summed E-state index contributed by atoms with van der Waals surface area (Å²) in [6, 6.07) is 4.96. The zero-order valence-electron chi connectivity index (χ0n) is 8.09. The van der Waals surface area contributed by atoms with E-state index in [2.05, 4.69) is 27.3 Å². The minimum atomic E-state index is 0.308. The first kappa shape index (κ1) is 9.94. The van der Waals surface area contributed by atoms with Gasteiger partial charge in [0.15, 0.2) is 0 Å². The molecule has 1 aromatic carbocycles. The second kappa shape index (κ2) is 3.65. The lowest BCUT2D eigenvalue weighted by Crippen LogP contribution is -2.24. The van der Waals surface area contributed by atoms with E-state index in [4.69, 9.17) is 16.3 Å². The number of halogens is 2. The number of ether oxygens (including phenoxy) is 1. The van der Waals surface area contributed by atoms with E-state index in [1.54, 1.807) is 0 Å². The van der Waals surface area contributed by atoms with E-state index >= 15 is 0 Å². The number of hydrogen-bond donors (Lipinski definition) is 1. The van der Waals surface area contributed by atoms with Gasteiger partial charge in [0.25, 0.3) is 0 Å². The lowest BCUT2D eigenvalue weighted by atomic mass is 10.1. The predicted molar refractivity (Wildman–Crippen MR) is 63.5 cm³/mol. The average molecular weight is 289 g/mol. The van der Waals surface area contributed by atoms with Crippen LogP contribution in [-0.4, -0.2) is 12.6 Å². The summed E-state index contributed by atoms with van der Waals surface area (Å²) in [4.78, 5) is 0. The highest BCUT2D eigenvalue weighted by Gasteiger charge is 2.31. The normalized spacial score (nSPS) is 23.7. The molecule has 0 saturated heterocycles. The minimum Gasteiger partial charge on any atom is -0.490 e. The molecule has 1 aromatic rings. The molecule has 4 heteroatoms. The largest absolute Gasteiger partial charge is 0.490 e. The first-order chi connectivity index (χ1) is 7.24. The van der Waals surface area contributed by atoms with Crippen molar-refractivity contribution in [2.75, 3.05) is 6.61 Å². The fourth-order valence-corrected chi connectivity index (χ4v) is 2.81. The van der Waals surface area contributed by atoms with E-state index in [0.717, 1.165) is 10.2 Å². The molecule has 1 aliphatic heterocycles. The van der Waals surface area contributed by atoms with Crippen LogP contribution >= 0.6 is 27.5 Å². The Morgan fingerprint density at radius 1 is 1.40 bits per heavy atom. The van der Waals surface area contributed by atoms with Crippen molar-refractivity contribution in [3.05, 3.63) is 27.2 Å². The number of fused-ring (bicyclic) bond motifs is 1. The summed E-state index contributed by atoms with van der Waals surface area (Å²) in [7, 11) is 0. The number of nitrogens with one attached hydrogen (secondary N) is 1.